The van der Waals surface area contributed by atoms with Crippen LogP contribution in [0.3, 0.4) is 0 Å². The molecule has 0 fully saturated rings. The minimum absolute atomic E-state index is 0. The molecule has 6 heteroatoms. The summed E-state index contributed by atoms with van der Waals surface area (Å²) >= 11 is 3.26. The van der Waals surface area contributed by atoms with Gasteiger partial charge in [0.15, 0.2) is 0 Å². The van der Waals surface area contributed by atoms with Gasteiger partial charge in [-0.1, -0.05) is 0 Å². The van der Waals surface area contributed by atoms with Crippen LogP contribution in [0.1, 0.15) is 0 Å². The maximum atomic E-state index is 9.48. The maximum absolute atomic E-state index is 9.48. The van der Waals surface area contributed by atoms with E-state index in [9.17, 15) is 8.42 Å². The number of rotatable bonds is 1. The molecule has 0 bridgehead atoms. The van der Waals surface area contributed by atoms with Crippen LogP contribution in [0, 0.1) is 0 Å². The molecule has 0 aliphatic heterocycles. The Labute approximate surface area is 69.9 Å². The molecule has 0 saturated heterocycles. The van der Waals surface area contributed by atoms with Gasteiger partial charge in [0.05, 0.1) is 0 Å². The van der Waals surface area contributed by atoms with Gasteiger partial charge in [-0.15, -0.1) is 0 Å². The fourth-order valence-corrected chi connectivity index (χ4v) is 0. The van der Waals surface area contributed by atoms with Gasteiger partial charge in [-0.25, -0.2) is 0 Å². The Hall–Kier alpha value is 1.26. The average molecular weight is 151 g/mol. The third-order valence-electron chi connectivity index (χ3n) is 0.163. The van der Waals surface area contributed by atoms with Crippen LogP contribution >= 0.6 is 12.6 Å². The summed E-state index contributed by atoms with van der Waals surface area (Å²) in [4.78, 5) is 0. The van der Waals surface area contributed by atoms with Crippen LogP contribution in [0.15, 0.2) is 0 Å². The molecule has 0 amide bonds. The van der Waals surface area contributed by atoms with Crippen molar-refractivity contribution in [2.24, 2.45) is 0 Å². The maximum Gasteiger partial charge on any atom is 1.00 e. The second-order valence-corrected chi connectivity index (χ2v) is 2.91. The van der Waals surface area contributed by atoms with E-state index in [1.807, 2.05) is 0 Å². The molecule has 38 valence electrons. The third-order valence-corrected chi connectivity index (χ3v) is 1.47. The Bertz CT molecular complexity index is 115. The average Bonchev–Trinajstić information content (AvgIpc) is 1.35. The van der Waals surface area contributed by atoms with Crippen molar-refractivity contribution >= 4 is 22.7 Å². The third kappa shape index (κ3) is 11.1. The quantitative estimate of drug-likeness (QED) is 0.235. The van der Waals surface area contributed by atoms with E-state index in [-0.39, 0.29) is 29.6 Å². The predicted molar refractivity (Wildman–Crippen MR) is 25.4 cm³/mol. The molecule has 7 heavy (non-hydrogen) atoms. The second-order valence-electron chi connectivity index (χ2n) is 0.711. The summed E-state index contributed by atoms with van der Waals surface area (Å²) in [6.45, 7) is 0. The Morgan fingerprint density at radius 3 is 1.71 bits per heavy atom. The zero-order chi connectivity index (χ0) is 5.21. The van der Waals surface area contributed by atoms with Gasteiger partial charge in [-0.2, -0.15) is 21.0 Å². The molecule has 1 N–H and O–H groups in total. The van der Waals surface area contributed by atoms with Crippen molar-refractivity contribution < 1.29 is 42.5 Å². The zero-order valence-electron chi connectivity index (χ0n) is 3.83. The van der Waals surface area contributed by atoms with Crippen molar-refractivity contribution in [3.8, 4) is 0 Å². The fraction of sp³-hybridized carbons (Fsp3) is 1.00. The van der Waals surface area contributed by atoms with E-state index in [4.69, 9.17) is 4.55 Å². The van der Waals surface area contributed by atoms with E-state index in [0.29, 0.717) is 0 Å². The van der Waals surface area contributed by atoms with Crippen LogP contribution in [-0.4, -0.2) is 18.1 Å². The summed E-state index contributed by atoms with van der Waals surface area (Å²) in [5, 5.41) is -0.507. The van der Waals surface area contributed by atoms with Crippen molar-refractivity contribution in [3.63, 3.8) is 0 Å². The summed E-state index contributed by atoms with van der Waals surface area (Å²) in [6.07, 6.45) is 0. The van der Waals surface area contributed by atoms with Crippen molar-refractivity contribution in [1.29, 1.82) is 0 Å². The SMILES string of the molecule is O=S(=O)(O)CS.[Na+]. The molecule has 0 radical (unpaired) electrons. The van der Waals surface area contributed by atoms with Crippen LogP contribution in [0.25, 0.3) is 0 Å². The Morgan fingerprint density at radius 2 is 1.71 bits per heavy atom. The number of hydrogen-bond acceptors (Lipinski definition) is 3. The van der Waals surface area contributed by atoms with Gasteiger partial charge < -0.3 is 0 Å². The van der Waals surface area contributed by atoms with Gasteiger partial charge in [0.2, 0.25) is 0 Å². The Kier molecular flexibility index (Phi) is 6.62. The van der Waals surface area contributed by atoms with Crippen LogP contribution < -0.4 is 29.6 Å². The smallest absolute Gasteiger partial charge is 0.285 e. The molecule has 3 nitrogen and oxygen atoms in total. The van der Waals surface area contributed by atoms with Gasteiger partial charge in [-0.3, -0.25) is 4.55 Å². The van der Waals surface area contributed by atoms with Crippen LogP contribution in [0.4, 0.5) is 0 Å². The molecular formula is CH4NaO3S2+. The van der Waals surface area contributed by atoms with Gasteiger partial charge in [0.25, 0.3) is 10.1 Å². The Morgan fingerprint density at radius 1 is 1.57 bits per heavy atom. The first kappa shape index (κ1) is 11.1. The molecule has 0 aromatic carbocycles. The molecule has 0 unspecified atom stereocenters. The van der Waals surface area contributed by atoms with Crippen LogP contribution in [0.2, 0.25) is 0 Å². The summed E-state index contributed by atoms with van der Waals surface area (Å²) in [5.41, 5.74) is 0. The normalized spacial score (nSPS) is 10.0. The van der Waals surface area contributed by atoms with Crippen molar-refractivity contribution in [1.82, 2.24) is 0 Å². The molecule has 0 heterocycles. The summed E-state index contributed by atoms with van der Waals surface area (Å²) in [6, 6.07) is 0. The summed E-state index contributed by atoms with van der Waals surface area (Å²) in [7, 11) is -3.80. The molecule has 0 aliphatic carbocycles. The molecule has 0 saturated carbocycles. The van der Waals surface area contributed by atoms with Crippen molar-refractivity contribution in [2.75, 3.05) is 5.08 Å². The zero-order valence-corrected chi connectivity index (χ0v) is 7.54. The van der Waals surface area contributed by atoms with Gasteiger partial charge in [0.1, 0.15) is 5.08 Å². The number of thiol groups is 1. The van der Waals surface area contributed by atoms with E-state index in [0.717, 1.165) is 0 Å². The minimum Gasteiger partial charge on any atom is -0.285 e. The van der Waals surface area contributed by atoms with E-state index in [1.54, 1.807) is 0 Å². The first-order valence-electron chi connectivity index (χ1n) is 1.12. The first-order valence-corrected chi connectivity index (χ1v) is 3.36. The monoisotopic (exact) mass is 151 g/mol. The summed E-state index contributed by atoms with van der Waals surface area (Å²) in [5.74, 6) is 0. The van der Waals surface area contributed by atoms with Crippen LogP contribution in [-0.2, 0) is 10.1 Å². The molecular weight excluding hydrogens is 147 g/mol. The predicted octanol–water partition coefficient (Wildman–Crippen LogP) is -3.23. The standard InChI is InChI=1S/CH4O3S2.Na/c2-6(3,4)1-5;/h5H,1H2,(H,2,3,4);/q;+1. The molecule has 0 aromatic rings. The van der Waals surface area contributed by atoms with E-state index >= 15 is 0 Å². The van der Waals surface area contributed by atoms with Gasteiger partial charge >= 0.3 is 29.6 Å². The van der Waals surface area contributed by atoms with Crippen molar-refractivity contribution in [2.45, 2.75) is 0 Å². The molecule has 0 aromatic heterocycles. The van der Waals surface area contributed by atoms with Crippen molar-refractivity contribution in [3.05, 3.63) is 0 Å². The molecule has 0 spiro atoms. The van der Waals surface area contributed by atoms with Crippen LogP contribution in [0.5, 0.6) is 0 Å². The minimum atomic E-state index is -3.80. The molecule has 0 aliphatic rings. The summed E-state index contributed by atoms with van der Waals surface area (Å²) < 4.78 is 26.7. The van der Waals surface area contributed by atoms with E-state index in [2.05, 4.69) is 12.6 Å². The second kappa shape index (κ2) is 4.17. The van der Waals surface area contributed by atoms with Gasteiger partial charge in [-0.05, 0) is 0 Å². The fourth-order valence-electron chi connectivity index (χ4n) is 0. The Balaban J connectivity index is 0. The molecule has 0 atom stereocenters. The number of hydrogen-bond donors (Lipinski definition) is 2. The van der Waals surface area contributed by atoms with Gasteiger partial charge in [0, 0.05) is 0 Å². The molecule has 0 rings (SSSR count). The topological polar surface area (TPSA) is 54.4 Å². The first-order chi connectivity index (χ1) is 2.56. The van der Waals surface area contributed by atoms with E-state index in [1.165, 1.54) is 0 Å². The van der Waals surface area contributed by atoms with E-state index < -0.39 is 15.2 Å². The largest absolute Gasteiger partial charge is 1.00 e.